The Kier molecular flexibility index (Phi) is 36.6. The van der Waals surface area contributed by atoms with Crippen LogP contribution < -0.4 is 35.2 Å². The Morgan fingerprint density at radius 1 is 0.429 bits per heavy atom. The number of amides is 3. The molecule has 0 bridgehead atoms. The summed E-state index contributed by atoms with van der Waals surface area (Å²) in [5, 5.41) is 9.97. The highest BCUT2D eigenvalue weighted by Gasteiger charge is 2.31. The van der Waals surface area contributed by atoms with E-state index in [9.17, 15) is 19.2 Å². The van der Waals surface area contributed by atoms with Crippen LogP contribution in [0, 0.1) is 0 Å². The lowest BCUT2D eigenvalue weighted by molar-refractivity contribution is -0.121. The smallest absolute Gasteiger partial charge is 0.410 e. The van der Waals surface area contributed by atoms with Crippen molar-refractivity contribution in [3.8, 4) is 11.8 Å². The van der Waals surface area contributed by atoms with Crippen molar-refractivity contribution >= 4 is 35.4 Å². The lowest BCUT2D eigenvalue weighted by atomic mass is 10.0. The number of piperidine rings is 6. The number of ketones is 1. The fourth-order valence-corrected chi connectivity index (χ4v) is 13.4. The van der Waals surface area contributed by atoms with Crippen LogP contribution in [0.1, 0.15) is 156 Å². The Morgan fingerprint density at radius 2 is 0.724 bits per heavy atom. The SMILES string of the molecule is CC(C)(C)OC(=O)N1CCC(=O)CC1.CN(Cc1ccccc1)C1CCN(C(=O)OC(C)(C)C)CC1.CN(Cc1ccccc1)C1CCNCC1.CNC1CCN(C(=O)OC(C)(C)C)CC1.CNC1CCN(c2ccc(OC)nc2)CC1.COc1ccc(N2CCC(N(C)Cc3ccccc3)CC2)cn1. The number of nitrogens with one attached hydrogen (secondary N) is 3. The number of carbonyl (C=O) groups excluding carboxylic acids is 4. The number of rotatable bonds is 15. The number of methoxy groups -OCH3 is 2. The van der Waals surface area contributed by atoms with Crippen molar-refractivity contribution in [1.29, 1.82) is 0 Å². The highest BCUT2D eigenvalue weighted by molar-refractivity contribution is 5.81. The highest BCUT2D eigenvalue weighted by atomic mass is 16.6. The van der Waals surface area contributed by atoms with E-state index in [1.54, 1.807) is 24.0 Å². The molecule has 3 amide bonds. The summed E-state index contributed by atoms with van der Waals surface area (Å²) in [6.07, 6.45) is 15.4. The Balaban J connectivity index is 0.000000200. The number of anilines is 2. The Labute approximate surface area is 630 Å². The normalized spacial score (nSPS) is 17.4. The average Bonchev–Trinajstić information content (AvgIpc) is 0.886. The highest BCUT2D eigenvalue weighted by Crippen LogP contribution is 2.26. The fourth-order valence-electron chi connectivity index (χ4n) is 13.4. The summed E-state index contributed by atoms with van der Waals surface area (Å²) in [6.45, 7) is 30.8. The van der Waals surface area contributed by atoms with Gasteiger partial charge in [0.1, 0.15) is 22.6 Å². The van der Waals surface area contributed by atoms with E-state index in [0.717, 1.165) is 104 Å². The number of aromatic nitrogens is 2. The van der Waals surface area contributed by atoms with Crippen molar-refractivity contribution < 1.29 is 42.9 Å². The second kappa shape index (κ2) is 44.5. The maximum Gasteiger partial charge on any atom is 0.410 e. The first-order valence-corrected chi connectivity index (χ1v) is 38.3. The van der Waals surface area contributed by atoms with Gasteiger partial charge in [0, 0.05) is 140 Å². The third-order valence-electron chi connectivity index (χ3n) is 19.6. The predicted octanol–water partition coefficient (Wildman–Crippen LogP) is 13.0. The van der Waals surface area contributed by atoms with Crippen LogP contribution in [-0.2, 0) is 38.6 Å². The topological polar surface area (TPSA) is 202 Å². The molecule has 11 rings (SSSR count). The number of benzene rings is 3. The average molecular weight is 1460 g/mol. The molecule has 105 heavy (non-hydrogen) atoms. The standard InChI is InChI=1S/C19H25N3O.C18H28N2O2.C13H20N2.C12H19N3O.C11H22N2O2.C10H17NO3/c1-21(15-16-6-4-3-5-7-16)17-10-12-22(13-11-17)18-8-9-19(23-2)20-14-18;1-18(2,3)22-17(21)20-12-10-16(11-13-20)19(4)14-15-8-6-5-7-9-15;1-15(13-7-9-14-10-8-13)11-12-5-3-2-4-6-12;1-13-10-5-7-15(8-6-10)11-3-4-12(16-2)14-9-11;1-11(2,3)15-10(14)13-7-5-9(12-4)6-8-13;1-10(2,3)14-9(13)11-6-4-8(12)5-7-11/h3-9,14,17H,10-13,15H2,1-2H3;5-9,16H,10-14H2,1-4H3;2-6,13-14H,7-11H2,1H3;3-4,9-10,13H,5-8H2,1-2H3;9,12H,5-8H2,1-4H3;4-7H2,1-3H3. The van der Waals surface area contributed by atoms with E-state index in [2.05, 4.69) is 169 Å². The number of hydrogen-bond acceptors (Lipinski definition) is 19. The minimum Gasteiger partial charge on any atom is -0.481 e. The molecule has 0 spiro atoms. The van der Waals surface area contributed by atoms with Crippen LogP contribution in [0.5, 0.6) is 11.8 Å². The van der Waals surface area contributed by atoms with E-state index in [1.165, 1.54) is 79.7 Å². The molecule has 6 fully saturated rings. The molecule has 2 aromatic heterocycles. The zero-order valence-electron chi connectivity index (χ0n) is 66.7. The van der Waals surface area contributed by atoms with Gasteiger partial charge in [-0.05, 0) is 204 Å². The van der Waals surface area contributed by atoms with Gasteiger partial charge in [0.25, 0.3) is 0 Å². The quantitative estimate of drug-likeness (QED) is 0.0834. The lowest BCUT2D eigenvalue weighted by Crippen LogP contribution is -2.46. The molecule has 3 N–H and O–H groups in total. The number of nitrogens with zero attached hydrogens (tertiary/aromatic N) is 10. The summed E-state index contributed by atoms with van der Waals surface area (Å²) >= 11 is 0. The number of pyridine rings is 2. The van der Waals surface area contributed by atoms with Gasteiger partial charge in [-0.3, -0.25) is 19.5 Å². The third-order valence-corrected chi connectivity index (χ3v) is 19.6. The van der Waals surface area contributed by atoms with Gasteiger partial charge in [-0.25, -0.2) is 24.4 Å². The summed E-state index contributed by atoms with van der Waals surface area (Å²) in [5.41, 5.74) is 5.24. The maximum atomic E-state index is 12.1. The van der Waals surface area contributed by atoms with E-state index in [-0.39, 0.29) is 24.1 Å². The van der Waals surface area contributed by atoms with Crippen molar-refractivity contribution in [2.45, 2.75) is 206 Å². The van der Waals surface area contributed by atoms with Crippen molar-refractivity contribution in [1.82, 2.24) is 55.3 Å². The molecular formula is C83H131N13O9. The van der Waals surface area contributed by atoms with Crippen LogP contribution in [0.2, 0.25) is 0 Å². The van der Waals surface area contributed by atoms with Crippen LogP contribution in [0.4, 0.5) is 25.8 Å². The molecule has 6 aliphatic rings. The fraction of sp³-hybridized carbons (Fsp3) is 0.614. The van der Waals surface area contributed by atoms with Crippen molar-refractivity contribution in [2.24, 2.45) is 0 Å². The van der Waals surface area contributed by atoms with E-state index in [4.69, 9.17) is 23.7 Å². The summed E-state index contributed by atoms with van der Waals surface area (Å²) in [7, 11) is 13.9. The number of Topliss-reactive ketones (excluding diaryl/α,β-unsaturated/α-hetero) is 1. The first-order valence-electron chi connectivity index (χ1n) is 38.3. The van der Waals surface area contributed by atoms with E-state index in [1.807, 2.05) is 112 Å². The summed E-state index contributed by atoms with van der Waals surface area (Å²) < 4.78 is 26.1. The first kappa shape index (κ1) is 86.3. The second-order valence-electron chi connectivity index (χ2n) is 31.3. The largest absolute Gasteiger partial charge is 0.481 e. The summed E-state index contributed by atoms with van der Waals surface area (Å²) in [5.74, 6) is 1.57. The molecule has 6 saturated heterocycles. The number of carbonyl (C=O) groups is 4. The van der Waals surface area contributed by atoms with Gasteiger partial charge in [-0.15, -0.1) is 0 Å². The number of ether oxygens (including phenoxy) is 5. The molecule has 0 radical (unpaired) electrons. The number of likely N-dealkylation sites (tertiary alicyclic amines) is 3. The predicted molar refractivity (Wildman–Crippen MR) is 423 cm³/mol. The molecule has 6 aliphatic heterocycles. The zero-order chi connectivity index (χ0) is 76.4. The molecule has 5 aromatic rings. The molecule has 0 unspecified atom stereocenters. The van der Waals surface area contributed by atoms with Gasteiger partial charge >= 0.3 is 18.3 Å². The Morgan fingerprint density at radius 3 is 1.03 bits per heavy atom. The molecule has 0 aliphatic carbocycles. The van der Waals surface area contributed by atoms with Crippen LogP contribution in [-0.4, -0.2) is 238 Å². The zero-order valence-corrected chi connectivity index (χ0v) is 66.7. The van der Waals surface area contributed by atoms with Gasteiger partial charge < -0.3 is 64.1 Å². The van der Waals surface area contributed by atoms with Crippen LogP contribution in [0.15, 0.2) is 128 Å². The monoisotopic (exact) mass is 1450 g/mol. The van der Waals surface area contributed by atoms with E-state index >= 15 is 0 Å². The molecule has 3 aromatic carbocycles. The van der Waals surface area contributed by atoms with Gasteiger partial charge in [0.2, 0.25) is 11.8 Å². The van der Waals surface area contributed by atoms with Crippen LogP contribution in [0.3, 0.4) is 0 Å². The maximum absolute atomic E-state index is 12.1. The second-order valence-corrected chi connectivity index (χ2v) is 31.3. The first-order chi connectivity index (χ1) is 50.1. The molecule has 0 atom stereocenters. The summed E-state index contributed by atoms with van der Waals surface area (Å²) in [4.78, 5) is 72.1. The van der Waals surface area contributed by atoms with Crippen molar-refractivity contribution in [2.75, 3.05) is 138 Å². The molecule has 0 saturated carbocycles. The van der Waals surface area contributed by atoms with Gasteiger partial charge in [0.05, 0.1) is 38.0 Å². The van der Waals surface area contributed by atoms with Gasteiger partial charge in [0.15, 0.2) is 0 Å². The summed E-state index contributed by atoms with van der Waals surface area (Å²) in [6, 6.07) is 43.1. The minimum absolute atomic E-state index is 0.183. The molecular weight excluding hydrogens is 1320 g/mol. The van der Waals surface area contributed by atoms with Gasteiger partial charge in [-0.1, -0.05) is 91.0 Å². The van der Waals surface area contributed by atoms with Gasteiger partial charge in [-0.2, -0.15) is 0 Å². The van der Waals surface area contributed by atoms with Crippen molar-refractivity contribution in [3.05, 3.63) is 144 Å². The molecule has 22 heteroatoms. The Hall–Kier alpha value is -7.60. The third kappa shape index (κ3) is 33.0. The molecule has 8 heterocycles. The Bertz CT molecular complexity index is 3200. The van der Waals surface area contributed by atoms with Crippen molar-refractivity contribution in [3.63, 3.8) is 0 Å². The molecule has 22 nitrogen and oxygen atoms in total. The molecule has 582 valence electrons. The van der Waals surface area contributed by atoms with E-state index in [0.29, 0.717) is 61.9 Å². The van der Waals surface area contributed by atoms with E-state index < -0.39 is 16.8 Å². The van der Waals surface area contributed by atoms with Crippen LogP contribution >= 0.6 is 0 Å². The lowest BCUT2D eigenvalue weighted by Gasteiger charge is -2.37. The minimum atomic E-state index is -0.460. The van der Waals surface area contributed by atoms with Crippen LogP contribution in [0.25, 0.3) is 0 Å². The number of hydrogen-bond donors (Lipinski definition) is 3.